The molecule has 0 aromatic heterocycles. The average molecular weight is 488 g/mol. The van der Waals surface area contributed by atoms with Crippen LogP contribution in [0.1, 0.15) is 66.6 Å². The van der Waals surface area contributed by atoms with Crippen molar-refractivity contribution in [3.8, 4) is 0 Å². The Bertz CT molecular complexity index is 1120. The number of hydrogen-bond acceptors (Lipinski definition) is 2. The van der Waals surface area contributed by atoms with Crippen LogP contribution < -0.4 is 0 Å². The molecule has 5 nitrogen and oxygen atoms in total. The molecule has 3 amide bonds. The summed E-state index contributed by atoms with van der Waals surface area (Å²) in [6.45, 7) is 6.40. The van der Waals surface area contributed by atoms with Gasteiger partial charge in [0.2, 0.25) is 5.91 Å². The highest BCUT2D eigenvalue weighted by Crippen LogP contribution is 2.40. The Morgan fingerprint density at radius 2 is 1.89 bits per heavy atom. The van der Waals surface area contributed by atoms with E-state index in [-0.39, 0.29) is 24.0 Å². The van der Waals surface area contributed by atoms with Crippen molar-refractivity contribution < 1.29 is 22.8 Å². The maximum Gasteiger partial charge on any atom is 0.416 e. The second-order valence-corrected chi connectivity index (χ2v) is 9.57. The van der Waals surface area contributed by atoms with E-state index in [1.807, 2.05) is 43.0 Å². The largest absolute Gasteiger partial charge is 0.416 e. The van der Waals surface area contributed by atoms with Gasteiger partial charge in [-0.1, -0.05) is 37.3 Å². The number of aryl methyl sites for hydroxylation is 2. The normalized spacial score (nSPS) is 21.2. The molecule has 3 unspecified atom stereocenters. The van der Waals surface area contributed by atoms with Gasteiger partial charge in [0.25, 0.3) is 0 Å². The first-order valence-electron chi connectivity index (χ1n) is 12.1. The third-order valence-electron chi connectivity index (χ3n) is 7.53. The number of alkyl halides is 3. The van der Waals surface area contributed by atoms with E-state index in [9.17, 15) is 22.8 Å². The summed E-state index contributed by atoms with van der Waals surface area (Å²) >= 11 is 0. The maximum atomic E-state index is 13.8. The standard InChI is InChI=1S/C27H32F3N3O2/c1-5-19-14-20(16-21(15-19)27(28,29)30)18(3)31(4)26(35)33-13-12-32-23(10-11-24(32)34)25(33)22-9-7-6-8-17(22)2/h6-9,14-16,18,23,25H,5,10-13H2,1-4H3. The molecule has 188 valence electrons. The summed E-state index contributed by atoms with van der Waals surface area (Å²) in [7, 11) is 1.64. The summed E-state index contributed by atoms with van der Waals surface area (Å²) in [5.74, 6) is 0.110. The van der Waals surface area contributed by atoms with Gasteiger partial charge in [-0.3, -0.25) is 4.79 Å². The van der Waals surface area contributed by atoms with E-state index >= 15 is 0 Å². The molecule has 2 heterocycles. The van der Waals surface area contributed by atoms with E-state index in [1.165, 1.54) is 11.0 Å². The van der Waals surface area contributed by atoms with E-state index in [4.69, 9.17) is 0 Å². The zero-order valence-corrected chi connectivity index (χ0v) is 20.6. The Balaban J connectivity index is 1.67. The van der Waals surface area contributed by atoms with Crippen molar-refractivity contribution in [2.45, 2.75) is 64.3 Å². The molecule has 8 heteroatoms. The molecule has 0 saturated carbocycles. The molecule has 2 aliphatic rings. The molecule has 4 rings (SSSR count). The Morgan fingerprint density at radius 3 is 2.54 bits per heavy atom. The number of nitrogens with zero attached hydrogens (tertiary/aromatic N) is 3. The molecule has 0 N–H and O–H groups in total. The van der Waals surface area contributed by atoms with Crippen LogP contribution in [0.5, 0.6) is 0 Å². The summed E-state index contributed by atoms with van der Waals surface area (Å²) in [5.41, 5.74) is 2.37. The number of carbonyl (C=O) groups excluding carboxylic acids is 2. The third-order valence-corrected chi connectivity index (χ3v) is 7.53. The van der Waals surface area contributed by atoms with E-state index in [0.717, 1.165) is 17.2 Å². The van der Waals surface area contributed by atoms with Gasteiger partial charge in [0.05, 0.1) is 23.7 Å². The molecular formula is C27H32F3N3O2. The summed E-state index contributed by atoms with van der Waals surface area (Å²) < 4.78 is 40.5. The lowest BCUT2D eigenvalue weighted by Gasteiger charge is -2.47. The van der Waals surface area contributed by atoms with Gasteiger partial charge < -0.3 is 14.7 Å². The Hall–Kier alpha value is -3.03. The molecule has 0 bridgehead atoms. The molecule has 0 spiro atoms. The van der Waals surface area contributed by atoms with Gasteiger partial charge in [0.15, 0.2) is 0 Å². The van der Waals surface area contributed by atoms with Crippen LogP contribution in [0.4, 0.5) is 18.0 Å². The first kappa shape index (κ1) is 25.1. The van der Waals surface area contributed by atoms with Crippen LogP contribution in [0, 0.1) is 6.92 Å². The van der Waals surface area contributed by atoms with Gasteiger partial charge in [0.1, 0.15) is 0 Å². The molecule has 2 aromatic carbocycles. The van der Waals surface area contributed by atoms with Crippen molar-refractivity contribution >= 4 is 11.9 Å². The minimum atomic E-state index is -4.45. The van der Waals surface area contributed by atoms with Gasteiger partial charge in [-0.15, -0.1) is 0 Å². The van der Waals surface area contributed by atoms with Crippen LogP contribution >= 0.6 is 0 Å². The summed E-state index contributed by atoms with van der Waals surface area (Å²) in [5, 5.41) is 0. The SMILES string of the molecule is CCc1cc(C(C)N(C)C(=O)N2CCN3C(=O)CCC3C2c2ccccc2C)cc(C(F)(F)F)c1. The Labute approximate surface area is 204 Å². The fraction of sp³-hybridized carbons (Fsp3) is 0.481. The number of halogens is 3. The predicted molar refractivity (Wildman–Crippen MR) is 128 cm³/mol. The number of piperazine rings is 1. The summed E-state index contributed by atoms with van der Waals surface area (Å²) in [6, 6.07) is 10.7. The van der Waals surface area contributed by atoms with Crippen molar-refractivity contribution in [2.24, 2.45) is 0 Å². The van der Waals surface area contributed by atoms with Gasteiger partial charge in [-0.05, 0) is 61.1 Å². The number of rotatable bonds is 4. The second-order valence-electron chi connectivity index (χ2n) is 9.57. The smallest absolute Gasteiger partial charge is 0.335 e. The topological polar surface area (TPSA) is 43.9 Å². The van der Waals surface area contributed by atoms with Crippen LogP contribution in [0.3, 0.4) is 0 Å². The molecular weight excluding hydrogens is 455 g/mol. The number of urea groups is 1. The number of amides is 3. The highest BCUT2D eigenvalue weighted by atomic mass is 19.4. The van der Waals surface area contributed by atoms with Gasteiger partial charge >= 0.3 is 12.2 Å². The van der Waals surface area contributed by atoms with Crippen molar-refractivity contribution in [1.82, 2.24) is 14.7 Å². The molecule has 2 aromatic rings. The molecule has 3 atom stereocenters. The fourth-order valence-electron chi connectivity index (χ4n) is 5.36. The van der Waals surface area contributed by atoms with Crippen LogP contribution in [0.25, 0.3) is 0 Å². The van der Waals surface area contributed by atoms with Gasteiger partial charge in [-0.2, -0.15) is 13.2 Å². The second kappa shape index (κ2) is 9.55. The predicted octanol–water partition coefficient (Wildman–Crippen LogP) is 5.74. The third kappa shape index (κ3) is 4.75. The first-order valence-corrected chi connectivity index (χ1v) is 12.1. The number of carbonyl (C=O) groups is 2. The van der Waals surface area contributed by atoms with Crippen LogP contribution in [0.2, 0.25) is 0 Å². The van der Waals surface area contributed by atoms with Crippen molar-refractivity contribution in [3.63, 3.8) is 0 Å². The summed E-state index contributed by atoms with van der Waals surface area (Å²) in [6.07, 6.45) is -2.85. The average Bonchev–Trinajstić information content (AvgIpc) is 3.22. The number of hydrogen-bond donors (Lipinski definition) is 0. The Kier molecular flexibility index (Phi) is 6.84. The highest BCUT2D eigenvalue weighted by Gasteiger charge is 2.46. The quantitative estimate of drug-likeness (QED) is 0.552. The molecule has 0 radical (unpaired) electrons. The van der Waals surface area contributed by atoms with Crippen LogP contribution in [-0.4, -0.2) is 52.8 Å². The van der Waals surface area contributed by atoms with Crippen molar-refractivity contribution in [3.05, 3.63) is 70.3 Å². The zero-order valence-electron chi connectivity index (χ0n) is 20.6. The monoisotopic (exact) mass is 487 g/mol. The van der Waals surface area contributed by atoms with E-state index in [2.05, 4.69) is 0 Å². The zero-order chi connectivity index (χ0) is 25.5. The van der Waals surface area contributed by atoms with E-state index in [0.29, 0.717) is 43.5 Å². The Morgan fingerprint density at radius 1 is 1.17 bits per heavy atom. The van der Waals surface area contributed by atoms with E-state index in [1.54, 1.807) is 24.9 Å². The lowest BCUT2D eigenvalue weighted by atomic mass is 9.91. The van der Waals surface area contributed by atoms with Gasteiger partial charge in [-0.25, -0.2) is 4.79 Å². The molecule has 2 aliphatic heterocycles. The van der Waals surface area contributed by atoms with Gasteiger partial charge in [0, 0.05) is 26.6 Å². The maximum absolute atomic E-state index is 13.8. The minimum Gasteiger partial charge on any atom is -0.335 e. The lowest BCUT2D eigenvalue weighted by molar-refractivity contribution is -0.137. The van der Waals surface area contributed by atoms with Crippen molar-refractivity contribution in [1.29, 1.82) is 0 Å². The molecule has 35 heavy (non-hydrogen) atoms. The number of benzene rings is 2. The fourth-order valence-corrected chi connectivity index (χ4v) is 5.36. The molecule has 2 saturated heterocycles. The first-order chi connectivity index (χ1) is 16.5. The molecule has 2 fully saturated rings. The van der Waals surface area contributed by atoms with E-state index < -0.39 is 17.8 Å². The summed E-state index contributed by atoms with van der Waals surface area (Å²) in [4.78, 5) is 31.5. The van der Waals surface area contributed by atoms with Crippen LogP contribution in [-0.2, 0) is 17.4 Å². The molecule has 0 aliphatic carbocycles. The highest BCUT2D eigenvalue weighted by molar-refractivity contribution is 5.81. The van der Waals surface area contributed by atoms with Crippen molar-refractivity contribution in [2.75, 3.05) is 20.1 Å². The lowest BCUT2D eigenvalue weighted by Crippen LogP contribution is -2.57. The minimum absolute atomic E-state index is 0.106. The number of fused-ring (bicyclic) bond motifs is 1. The van der Waals surface area contributed by atoms with Crippen LogP contribution in [0.15, 0.2) is 42.5 Å².